The van der Waals surface area contributed by atoms with Gasteiger partial charge in [0.2, 0.25) is 0 Å². The van der Waals surface area contributed by atoms with Gasteiger partial charge in [-0.3, -0.25) is 4.79 Å². The lowest BCUT2D eigenvalue weighted by Gasteiger charge is -2.18. The number of anilines is 1. The van der Waals surface area contributed by atoms with Crippen LogP contribution in [-0.2, 0) is 4.79 Å². The normalized spacial score (nSPS) is 10.4. The number of nitrogens with one attached hydrogen (secondary N) is 1. The van der Waals surface area contributed by atoms with Crippen LogP contribution in [0.1, 0.15) is 0 Å². The number of hydrogen-bond donors (Lipinski definition) is 1. The second-order valence-corrected chi connectivity index (χ2v) is 4.54. The highest BCUT2D eigenvalue weighted by Gasteiger charge is 2.15. The Bertz CT molecular complexity index is 575. The quantitative estimate of drug-likeness (QED) is 0.477. The van der Waals surface area contributed by atoms with Gasteiger partial charge in [0.25, 0.3) is 5.91 Å². The SMILES string of the molecule is C=CCN(CC=C)C(=O)/C(C#N)=C\Nc1ccc(Cl)cc1. The molecule has 0 aliphatic rings. The van der Waals surface area contributed by atoms with Gasteiger partial charge < -0.3 is 10.2 Å². The lowest BCUT2D eigenvalue weighted by atomic mass is 10.2. The van der Waals surface area contributed by atoms with E-state index in [9.17, 15) is 4.79 Å². The Kier molecular flexibility index (Phi) is 6.79. The van der Waals surface area contributed by atoms with Crippen LogP contribution in [0.3, 0.4) is 0 Å². The molecule has 0 saturated carbocycles. The van der Waals surface area contributed by atoms with Crippen LogP contribution < -0.4 is 5.32 Å². The van der Waals surface area contributed by atoms with E-state index in [0.29, 0.717) is 18.1 Å². The first-order valence-corrected chi connectivity index (χ1v) is 6.63. The molecular weight excluding hydrogens is 286 g/mol. The average Bonchev–Trinajstić information content (AvgIpc) is 2.49. The molecule has 0 saturated heterocycles. The van der Waals surface area contributed by atoms with Gasteiger partial charge in [0.15, 0.2) is 0 Å². The first-order chi connectivity index (χ1) is 10.1. The fourth-order valence-electron chi connectivity index (χ4n) is 1.57. The van der Waals surface area contributed by atoms with Gasteiger partial charge in [0.05, 0.1) is 0 Å². The minimum absolute atomic E-state index is 0.00801. The second kappa shape index (κ2) is 8.62. The lowest BCUT2D eigenvalue weighted by Crippen LogP contribution is -2.32. The van der Waals surface area contributed by atoms with Gasteiger partial charge in [-0.05, 0) is 24.3 Å². The number of rotatable bonds is 7. The van der Waals surface area contributed by atoms with Crippen LogP contribution in [0.25, 0.3) is 0 Å². The van der Waals surface area contributed by atoms with Crippen molar-refractivity contribution in [3.63, 3.8) is 0 Å². The van der Waals surface area contributed by atoms with Crippen molar-refractivity contribution in [2.45, 2.75) is 0 Å². The van der Waals surface area contributed by atoms with Crippen LogP contribution in [0, 0.1) is 11.3 Å². The topological polar surface area (TPSA) is 56.1 Å². The molecule has 1 N–H and O–H groups in total. The third-order valence-corrected chi connectivity index (χ3v) is 2.82. The highest BCUT2D eigenvalue weighted by atomic mass is 35.5. The van der Waals surface area contributed by atoms with Gasteiger partial charge in [-0.25, -0.2) is 0 Å². The molecule has 0 atom stereocenters. The maximum atomic E-state index is 12.2. The van der Waals surface area contributed by atoms with Gasteiger partial charge in [-0.15, -0.1) is 13.2 Å². The molecule has 0 bridgehead atoms. The maximum absolute atomic E-state index is 12.2. The van der Waals surface area contributed by atoms with Gasteiger partial charge in [-0.2, -0.15) is 5.26 Å². The standard InChI is InChI=1S/C16H16ClN3O/c1-3-9-20(10-4-2)16(21)13(11-18)12-19-15-7-5-14(17)6-8-15/h3-8,12,19H,1-2,9-10H2/b13-12-. The fourth-order valence-corrected chi connectivity index (χ4v) is 1.69. The van der Waals surface area contributed by atoms with Crippen molar-refractivity contribution in [3.05, 3.63) is 66.4 Å². The first-order valence-electron chi connectivity index (χ1n) is 6.25. The largest absolute Gasteiger partial charge is 0.360 e. The van der Waals surface area contributed by atoms with Crippen molar-refractivity contribution in [2.75, 3.05) is 18.4 Å². The molecule has 0 radical (unpaired) electrons. The molecule has 21 heavy (non-hydrogen) atoms. The zero-order valence-electron chi connectivity index (χ0n) is 11.6. The number of carbonyl (C=O) groups excluding carboxylic acids is 1. The third-order valence-electron chi connectivity index (χ3n) is 2.56. The molecule has 0 spiro atoms. The Labute approximate surface area is 129 Å². The van der Waals surface area contributed by atoms with Crippen molar-refractivity contribution in [3.8, 4) is 6.07 Å². The van der Waals surface area contributed by atoms with Crippen molar-refractivity contribution >= 4 is 23.2 Å². The summed E-state index contributed by atoms with van der Waals surface area (Å²) in [6.07, 6.45) is 4.58. The van der Waals surface area contributed by atoms with Gasteiger partial charge in [0.1, 0.15) is 11.6 Å². The van der Waals surface area contributed by atoms with E-state index in [1.54, 1.807) is 36.4 Å². The van der Waals surface area contributed by atoms with Gasteiger partial charge in [0, 0.05) is 30.0 Å². The molecule has 1 aromatic rings. The maximum Gasteiger partial charge on any atom is 0.266 e. The molecule has 1 amide bonds. The summed E-state index contributed by atoms with van der Waals surface area (Å²) in [7, 11) is 0. The van der Waals surface area contributed by atoms with Crippen LogP contribution in [-0.4, -0.2) is 23.9 Å². The van der Waals surface area contributed by atoms with Crippen molar-refractivity contribution in [1.29, 1.82) is 5.26 Å². The summed E-state index contributed by atoms with van der Waals surface area (Å²) in [5, 5.41) is 12.6. The molecule has 4 nitrogen and oxygen atoms in total. The van der Waals surface area contributed by atoms with Crippen LogP contribution in [0.4, 0.5) is 5.69 Å². The Hall–Kier alpha value is -2.51. The van der Waals surface area contributed by atoms with E-state index in [-0.39, 0.29) is 11.5 Å². The van der Waals surface area contributed by atoms with Gasteiger partial charge >= 0.3 is 0 Å². The number of amides is 1. The number of nitrogens with zero attached hydrogens (tertiary/aromatic N) is 2. The monoisotopic (exact) mass is 301 g/mol. The highest BCUT2D eigenvalue weighted by Crippen LogP contribution is 2.14. The van der Waals surface area contributed by atoms with Gasteiger partial charge in [-0.1, -0.05) is 23.8 Å². The summed E-state index contributed by atoms with van der Waals surface area (Å²) in [5.74, 6) is -0.376. The highest BCUT2D eigenvalue weighted by molar-refractivity contribution is 6.30. The number of nitriles is 1. The van der Waals surface area contributed by atoms with Crippen LogP contribution in [0.5, 0.6) is 0 Å². The summed E-state index contributed by atoms with van der Waals surface area (Å²) in [5.41, 5.74) is 0.743. The molecule has 0 aliphatic heterocycles. The zero-order valence-corrected chi connectivity index (χ0v) is 12.3. The summed E-state index contributed by atoms with van der Waals surface area (Å²) in [6.45, 7) is 7.89. The summed E-state index contributed by atoms with van der Waals surface area (Å²) >= 11 is 5.79. The Morgan fingerprint density at radius 2 is 1.86 bits per heavy atom. The second-order valence-electron chi connectivity index (χ2n) is 4.11. The third kappa shape index (κ3) is 5.17. The average molecular weight is 302 g/mol. The number of benzene rings is 1. The molecule has 1 rings (SSSR count). The Balaban J connectivity index is 2.84. The van der Waals surface area contributed by atoms with Crippen molar-refractivity contribution in [1.82, 2.24) is 4.90 Å². The van der Waals surface area contributed by atoms with Crippen LogP contribution in [0.15, 0.2) is 61.3 Å². The number of hydrogen-bond acceptors (Lipinski definition) is 3. The molecule has 0 aliphatic carbocycles. The molecule has 108 valence electrons. The minimum atomic E-state index is -0.376. The van der Waals surface area contributed by atoms with Crippen molar-refractivity contribution in [2.24, 2.45) is 0 Å². The molecule has 5 heteroatoms. The van der Waals surface area contributed by atoms with E-state index in [2.05, 4.69) is 18.5 Å². The first kappa shape index (κ1) is 16.5. The predicted molar refractivity (Wildman–Crippen MR) is 85.7 cm³/mol. The summed E-state index contributed by atoms with van der Waals surface area (Å²) in [4.78, 5) is 13.7. The van der Waals surface area contributed by atoms with Crippen LogP contribution >= 0.6 is 11.6 Å². The van der Waals surface area contributed by atoms with E-state index in [1.165, 1.54) is 11.1 Å². The van der Waals surface area contributed by atoms with E-state index in [0.717, 1.165) is 5.69 Å². The summed E-state index contributed by atoms with van der Waals surface area (Å²) in [6, 6.07) is 8.83. The number of carbonyl (C=O) groups is 1. The molecule has 0 heterocycles. The molecular formula is C16H16ClN3O. The minimum Gasteiger partial charge on any atom is -0.360 e. The van der Waals surface area contributed by atoms with E-state index in [1.807, 2.05) is 6.07 Å². The smallest absolute Gasteiger partial charge is 0.266 e. The zero-order chi connectivity index (χ0) is 15.7. The van der Waals surface area contributed by atoms with E-state index < -0.39 is 0 Å². The molecule has 0 unspecified atom stereocenters. The molecule has 1 aromatic carbocycles. The van der Waals surface area contributed by atoms with E-state index >= 15 is 0 Å². The molecule has 0 aromatic heterocycles. The Morgan fingerprint density at radius 1 is 1.29 bits per heavy atom. The predicted octanol–water partition coefficient (Wildman–Crippen LogP) is 3.36. The van der Waals surface area contributed by atoms with Crippen LogP contribution in [0.2, 0.25) is 5.02 Å². The Morgan fingerprint density at radius 3 is 2.33 bits per heavy atom. The summed E-state index contributed by atoms with van der Waals surface area (Å²) < 4.78 is 0. The fraction of sp³-hybridized carbons (Fsp3) is 0.125. The van der Waals surface area contributed by atoms with Crippen molar-refractivity contribution < 1.29 is 4.79 Å². The molecule has 0 fully saturated rings. The number of halogens is 1. The lowest BCUT2D eigenvalue weighted by molar-refractivity contribution is -0.125. The van der Waals surface area contributed by atoms with E-state index in [4.69, 9.17) is 16.9 Å².